The van der Waals surface area contributed by atoms with Gasteiger partial charge in [-0.05, 0) is 24.3 Å². The van der Waals surface area contributed by atoms with Crippen molar-refractivity contribution in [2.24, 2.45) is 0 Å². The zero-order valence-electron chi connectivity index (χ0n) is 14.5. The molecule has 5 rings (SSSR count). The molecule has 0 unspecified atom stereocenters. The van der Waals surface area contributed by atoms with Crippen LogP contribution in [0.5, 0.6) is 0 Å². The lowest BCUT2D eigenvalue weighted by Gasteiger charge is -2.40. The second kappa shape index (κ2) is 6.05. The largest absolute Gasteiger partial charge is 0.337 e. The zero-order valence-corrected chi connectivity index (χ0v) is 14.5. The van der Waals surface area contributed by atoms with Crippen molar-refractivity contribution in [1.29, 1.82) is 0 Å². The number of hydrogen-bond donors (Lipinski definition) is 0. The number of nitrogens with zero attached hydrogens (tertiary/aromatic N) is 5. The number of para-hydroxylation sites is 3. The van der Waals surface area contributed by atoms with Gasteiger partial charge < -0.3 is 9.47 Å². The van der Waals surface area contributed by atoms with Gasteiger partial charge in [0.05, 0.1) is 40.6 Å². The summed E-state index contributed by atoms with van der Waals surface area (Å²) in [6.07, 6.45) is 3.28. The molecule has 1 aliphatic heterocycles. The van der Waals surface area contributed by atoms with E-state index in [2.05, 4.69) is 14.5 Å². The predicted octanol–water partition coefficient (Wildman–Crippen LogP) is 1.83. The Hall–Kier alpha value is -3.48. The van der Waals surface area contributed by atoms with Gasteiger partial charge in [-0.15, -0.1) is 0 Å². The Morgan fingerprint density at radius 2 is 1.67 bits per heavy atom. The van der Waals surface area contributed by atoms with Crippen molar-refractivity contribution in [2.75, 3.05) is 13.1 Å². The molecule has 0 N–H and O–H groups in total. The van der Waals surface area contributed by atoms with E-state index in [4.69, 9.17) is 0 Å². The number of carbonyl (C=O) groups is 1. The van der Waals surface area contributed by atoms with Gasteiger partial charge in [0, 0.05) is 13.1 Å². The normalized spacial score (nSPS) is 14.6. The van der Waals surface area contributed by atoms with Gasteiger partial charge in [0.15, 0.2) is 0 Å². The van der Waals surface area contributed by atoms with Crippen LogP contribution in [0.4, 0.5) is 0 Å². The molecule has 3 heterocycles. The maximum absolute atomic E-state index is 12.6. The van der Waals surface area contributed by atoms with E-state index in [1.807, 2.05) is 36.7 Å². The summed E-state index contributed by atoms with van der Waals surface area (Å²) in [5.74, 6) is -0.0742. The summed E-state index contributed by atoms with van der Waals surface area (Å²) < 4.78 is 3.49. The van der Waals surface area contributed by atoms with E-state index in [1.165, 1.54) is 10.9 Å². The number of amides is 1. The molecule has 0 saturated carbocycles. The molecule has 0 bridgehead atoms. The summed E-state index contributed by atoms with van der Waals surface area (Å²) in [5.41, 5.74) is 2.48. The summed E-state index contributed by atoms with van der Waals surface area (Å²) in [6, 6.07) is 15.3. The number of hydrogen-bond acceptors (Lipinski definition) is 4. The number of fused-ring (bicyclic) bond motifs is 2. The molecule has 7 nitrogen and oxygen atoms in total. The summed E-state index contributed by atoms with van der Waals surface area (Å²) in [5, 5.41) is 0.527. The van der Waals surface area contributed by atoms with Crippen molar-refractivity contribution in [3.8, 4) is 0 Å². The Balaban J connectivity index is 1.31. The van der Waals surface area contributed by atoms with Crippen molar-refractivity contribution < 1.29 is 4.79 Å². The van der Waals surface area contributed by atoms with Crippen LogP contribution in [-0.4, -0.2) is 43.0 Å². The number of rotatable bonds is 3. The highest BCUT2D eigenvalue weighted by atomic mass is 16.2. The van der Waals surface area contributed by atoms with Gasteiger partial charge in [-0.1, -0.05) is 24.3 Å². The molecule has 27 heavy (non-hydrogen) atoms. The van der Waals surface area contributed by atoms with E-state index in [-0.39, 0.29) is 24.1 Å². The minimum atomic E-state index is -0.188. The smallest absolute Gasteiger partial charge is 0.261 e. The molecule has 1 saturated heterocycles. The number of aromatic nitrogens is 4. The highest BCUT2D eigenvalue weighted by Crippen LogP contribution is 2.25. The fourth-order valence-corrected chi connectivity index (χ4v) is 3.57. The van der Waals surface area contributed by atoms with Gasteiger partial charge in [0.1, 0.15) is 6.54 Å². The third-order valence-electron chi connectivity index (χ3n) is 5.13. The number of benzene rings is 2. The Morgan fingerprint density at radius 1 is 0.963 bits per heavy atom. The first-order valence-corrected chi connectivity index (χ1v) is 8.84. The molecule has 4 aromatic rings. The van der Waals surface area contributed by atoms with E-state index in [0.717, 1.165) is 11.0 Å². The van der Waals surface area contributed by atoms with Crippen LogP contribution in [-0.2, 0) is 11.3 Å². The quantitative estimate of drug-likeness (QED) is 0.559. The maximum Gasteiger partial charge on any atom is 0.261 e. The van der Waals surface area contributed by atoms with E-state index in [1.54, 1.807) is 23.1 Å². The molecule has 0 aliphatic carbocycles. The molecule has 1 fully saturated rings. The van der Waals surface area contributed by atoms with E-state index >= 15 is 0 Å². The molecule has 134 valence electrons. The van der Waals surface area contributed by atoms with E-state index in [0.29, 0.717) is 24.0 Å². The molecule has 1 amide bonds. The summed E-state index contributed by atoms with van der Waals surface area (Å²) in [7, 11) is 0. The lowest BCUT2D eigenvalue weighted by molar-refractivity contribution is -0.137. The molecule has 1 aliphatic rings. The first-order valence-electron chi connectivity index (χ1n) is 8.84. The average Bonchev–Trinajstić information content (AvgIpc) is 3.07. The topological polar surface area (TPSA) is 73.0 Å². The van der Waals surface area contributed by atoms with Gasteiger partial charge in [-0.3, -0.25) is 14.2 Å². The highest BCUT2D eigenvalue weighted by Gasteiger charge is 2.32. The highest BCUT2D eigenvalue weighted by molar-refractivity contribution is 5.80. The van der Waals surface area contributed by atoms with Gasteiger partial charge in [-0.2, -0.15) is 0 Å². The third-order valence-corrected chi connectivity index (χ3v) is 5.13. The fourth-order valence-electron chi connectivity index (χ4n) is 3.57. The van der Waals surface area contributed by atoms with Crippen LogP contribution in [0.2, 0.25) is 0 Å². The van der Waals surface area contributed by atoms with Crippen molar-refractivity contribution in [1.82, 2.24) is 24.0 Å². The van der Waals surface area contributed by atoms with Gasteiger partial charge in [-0.25, -0.2) is 9.97 Å². The van der Waals surface area contributed by atoms with Crippen LogP contribution in [0.25, 0.3) is 21.9 Å². The molecular weight excluding hydrogens is 342 g/mol. The summed E-state index contributed by atoms with van der Waals surface area (Å²) >= 11 is 0. The number of imidazole rings is 1. The SMILES string of the molecule is O=C(Cn1cnc2ccccc2c1=O)N1CC(n2cnc3ccccc32)C1. The van der Waals surface area contributed by atoms with Crippen molar-refractivity contribution in [3.05, 3.63) is 71.5 Å². The lowest BCUT2D eigenvalue weighted by Crippen LogP contribution is -2.52. The number of carbonyl (C=O) groups excluding carboxylic acids is 1. The Bertz CT molecular complexity index is 1220. The molecule has 0 spiro atoms. The zero-order chi connectivity index (χ0) is 18.4. The lowest BCUT2D eigenvalue weighted by atomic mass is 10.1. The monoisotopic (exact) mass is 359 g/mol. The van der Waals surface area contributed by atoms with Crippen molar-refractivity contribution in [2.45, 2.75) is 12.6 Å². The van der Waals surface area contributed by atoms with Crippen LogP contribution in [0.3, 0.4) is 0 Å². The summed E-state index contributed by atoms with van der Waals surface area (Å²) in [4.78, 5) is 35.5. The summed E-state index contributed by atoms with van der Waals surface area (Å²) in [6.45, 7) is 1.25. The van der Waals surface area contributed by atoms with Crippen LogP contribution in [0.1, 0.15) is 6.04 Å². The molecule has 0 radical (unpaired) electrons. The fraction of sp³-hybridized carbons (Fsp3) is 0.200. The Labute approximate surface area is 154 Å². The Kier molecular flexibility index (Phi) is 3.53. The standard InChI is InChI=1S/C20H17N5O2/c26-19(11-24-12-21-16-6-2-1-5-15(16)20(24)27)23-9-14(10-23)25-13-22-17-7-3-4-8-18(17)25/h1-8,12-14H,9-11H2. The molecular formula is C20H17N5O2. The molecule has 2 aromatic heterocycles. The maximum atomic E-state index is 12.6. The van der Waals surface area contributed by atoms with Gasteiger partial charge in [0.25, 0.3) is 5.56 Å². The molecule has 2 aromatic carbocycles. The predicted molar refractivity (Wildman–Crippen MR) is 101 cm³/mol. The third kappa shape index (κ3) is 2.59. The van der Waals surface area contributed by atoms with Gasteiger partial charge >= 0.3 is 0 Å². The van der Waals surface area contributed by atoms with E-state index < -0.39 is 0 Å². The first kappa shape index (κ1) is 15.7. The second-order valence-electron chi connectivity index (χ2n) is 6.79. The first-order chi connectivity index (χ1) is 13.2. The number of likely N-dealkylation sites (tertiary alicyclic amines) is 1. The van der Waals surface area contributed by atoms with Gasteiger partial charge in [0.2, 0.25) is 5.91 Å². The van der Waals surface area contributed by atoms with Crippen LogP contribution in [0, 0.1) is 0 Å². The van der Waals surface area contributed by atoms with Crippen LogP contribution in [0.15, 0.2) is 66.0 Å². The molecule has 0 atom stereocenters. The second-order valence-corrected chi connectivity index (χ2v) is 6.79. The van der Waals surface area contributed by atoms with Crippen LogP contribution >= 0.6 is 0 Å². The molecule has 7 heteroatoms. The van der Waals surface area contributed by atoms with Crippen molar-refractivity contribution in [3.63, 3.8) is 0 Å². The average molecular weight is 359 g/mol. The van der Waals surface area contributed by atoms with E-state index in [9.17, 15) is 9.59 Å². The van der Waals surface area contributed by atoms with Crippen molar-refractivity contribution >= 4 is 27.8 Å². The van der Waals surface area contributed by atoms with Crippen LogP contribution < -0.4 is 5.56 Å². The Morgan fingerprint density at radius 3 is 2.52 bits per heavy atom. The minimum Gasteiger partial charge on any atom is -0.337 e. The minimum absolute atomic E-state index is 0.00800.